The van der Waals surface area contributed by atoms with E-state index in [0.29, 0.717) is 11.4 Å². The molecule has 0 radical (unpaired) electrons. The largest absolute Gasteiger partial charge is 0.369 e. The first-order valence-corrected chi connectivity index (χ1v) is 13.6. The number of tetrazole rings is 1. The first kappa shape index (κ1) is 26.1. The fraction of sp³-hybridized carbons (Fsp3) is 0.467. The molecule has 2 aromatic heterocycles. The molecule has 38 heavy (non-hydrogen) atoms. The monoisotopic (exact) mass is 513 g/mol. The summed E-state index contributed by atoms with van der Waals surface area (Å²) in [6.07, 6.45) is 0.866. The number of aromatic nitrogens is 5. The van der Waals surface area contributed by atoms with Crippen molar-refractivity contribution in [1.82, 2.24) is 30.1 Å². The lowest BCUT2D eigenvalue weighted by Gasteiger charge is -2.40. The van der Waals surface area contributed by atoms with E-state index >= 15 is 0 Å². The molecule has 1 unspecified atom stereocenters. The molecule has 8 nitrogen and oxygen atoms in total. The van der Waals surface area contributed by atoms with E-state index in [9.17, 15) is 4.79 Å². The van der Waals surface area contributed by atoms with E-state index in [2.05, 4.69) is 109 Å². The van der Waals surface area contributed by atoms with Gasteiger partial charge in [-0.3, -0.25) is 9.69 Å². The Balaban J connectivity index is 1.58. The van der Waals surface area contributed by atoms with Gasteiger partial charge in [0.05, 0.1) is 5.54 Å². The summed E-state index contributed by atoms with van der Waals surface area (Å²) in [4.78, 5) is 21.6. The molecule has 8 heteroatoms. The second-order valence-electron chi connectivity index (χ2n) is 11.3. The minimum absolute atomic E-state index is 0.0911. The van der Waals surface area contributed by atoms with Crippen LogP contribution in [0.25, 0.3) is 10.9 Å². The van der Waals surface area contributed by atoms with Crippen LogP contribution in [-0.4, -0.2) is 56.3 Å². The Morgan fingerprint density at radius 1 is 0.974 bits per heavy atom. The molecule has 4 aromatic rings. The molecule has 0 bridgehead atoms. The highest BCUT2D eigenvalue weighted by molar-refractivity contribution is 5.81. The van der Waals surface area contributed by atoms with Crippen molar-refractivity contribution in [2.45, 2.75) is 66.5 Å². The van der Waals surface area contributed by atoms with Crippen molar-refractivity contribution in [2.24, 2.45) is 0 Å². The fourth-order valence-electron chi connectivity index (χ4n) is 5.44. The Morgan fingerprint density at radius 3 is 2.39 bits per heavy atom. The molecule has 1 aliphatic heterocycles. The van der Waals surface area contributed by atoms with Gasteiger partial charge in [-0.2, -0.15) is 0 Å². The quantitative estimate of drug-likeness (QED) is 0.399. The molecule has 1 N–H and O–H groups in total. The van der Waals surface area contributed by atoms with Crippen molar-refractivity contribution in [1.29, 1.82) is 0 Å². The standard InChI is InChI=1S/C30H39N7O/c1-8-30(6,7)37-28(32-33-34-37)27(24-18-23-16-20(3)21(4)17-25(23)31-29(24)38)36-14-12-35(13-15-36)26-11-9-10-19(2)22(26)5/h9-11,16-18,27H,8,12-15H2,1-7H3,(H,31,38). The van der Waals surface area contributed by atoms with E-state index in [1.807, 2.05) is 10.7 Å². The summed E-state index contributed by atoms with van der Waals surface area (Å²) < 4.78 is 1.92. The fourth-order valence-corrected chi connectivity index (χ4v) is 5.44. The Kier molecular flexibility index (Phi) is 6.86. The number of fused-ring (bicyclic) bond motifs is 1. The summed E-state index contributed by atoms with van der Waals surface area (Å²) in [5, 5.41) is 14.1. The third-order valence-corrected chi connectivity index (χ3v) is 8.55. The lowest BCUT2D eigenvalue weighted by molar-refractivity contribution is 0.186. The highest BCUT2D eigenvalue weighted by Crippen LogP contribution is 2.33. The zero-order valence-corrected chi connectivity index (χ0v) is 23.7. The average molecular weight is 514 g/mol. The third kappa shape index (κ3) is 4.62. The van der Waals surface area contributed by atoms with E-state index < -0.39 is 0 Å². The van der Waals surface area contributed by atoms with E-state index in [1.54, 1.807) is 0 Å². The molecule has 200 valence electrons. The van der Waals surface area contributed by atoms with Crippen molar-refractivity contribution < 1.29 is 0 Å². The summed E-state index contributed by atoms with van der Waals surface area (Å²) in [5.74, 6) is 0.714. The number of benzene rings is 2. The lowest BCUT2D eigenvalue weighted by Crippen LogP contribution is -2.49. The van der Waals surface area contributed by atoms with E-state index in [-0.39, 0.29) is 17.1 Å². The van der Waals surface area contributed by atoms with Crippen LogP contribution in [-0.2, 0) is 5.54 Å². The van der Waals surface area contributed by atoms with Gasteiger partial charge in [-0.05, 0) is 110 Å². The van der Waals surface area contributed by atoms with Crippen LogP contribution in [0.4, 0.5) is 5.69 Å². The van der Waals surface area contributed by atoms with Crippen molar-refractivity contribution in [2.75, 3.05) is 31.1 Å². The van der Waals surface area contributed by atoms with Gasteiger partial charge in [0, 0.05) is 42.9 Å². The minimum atomic E-state index is -0.355. The van der Waals surface area contributed by atoms with Gasteiger partial charge in [-0.1, -0.05) is 19.1 Å². The molecular formula is C30H39N7O. The van der Waals surface area contributed by atoms with Crippen LogP contribution in [0.1, 0.15) is 66.9 Å². The Labute approximate surface area is 224 Å². The van der Waals surface area contributed by atoms with Crippen LogP contribution in [0.15, 0.2) is 41.2 Å². The summed E-state index contributed by atoms with van der Waals surface area (Å²) >= 11 is 0. The molecule has 1 saturated heterocycles. The number of rotatable bonds is 6. The first-order chi connectivity index (χ1) is 18.1. The minimum Gasteiger partial charge on any atom is -0.369 e. The number of piperazine rings is 1. The van der Waals surface area contributed by atoms with Crippen molar-refractivity contribution in [3.8, 4) is 0 Å². The number of aryl methyl sites for hydroxylation is 3. The van der Waals surface area contributed by atoms with Gasteiger partial charge in [-0.15, -0.1) is 5.10 Å². The molecule has 1 fully saturated rings. The maximum atomic E-state index is 13.6. The topological polar surface area (TPSA) is 82.9 Å². The summed E-state index contributed by atoms with van der Waals surface area (Å²) in [7, 11) is 0. The van der Waals surface area contributed by atoms with Gasteiger partial charge in [0.15, 0.2) is 5.82 Å². The van der Waals surface area contributed by atoms with Crippen LogP contribution in [0.3, 0.4) is 0 Å². The smallest absolute Gasteiger partial charge is 0.253 e. The second-order valence-corrected chi connectivity index (χ2v) is 11.3. The van der Waals surface area contributed by atoms with Crippen LogP contribution < -0.4 is 10.5 Å². The number of H-pyrrole nitrogens is 1. The molecule has 1 aliphatic rings. The average Bonchev–Trinajstić information content (AvgIpc) is 3.38. The summed E-state index contributed by atoms with van der Waals surface area (Å²) in [6, 6.07) is 12.4. The van der Waals surface area contributed by atoms with Gasteiger partial charge < -0.3 is 9.88 Å². The number of nitrogens with one attached hydrogen (secondary N) is 1. The number of nitrogens with zero attached hydrogens (tertiary/aromatic N) is 6. The van der Waals surface area contributed by atoms with E-state index in [4.69, 9.17) is 0 Å². The first-order valence-electron chi connectivity index (χ1n) is 13.6. The predicted molar refractivity (Wildman–Crippen MR) is 153 cm³/mol. The molecule has 0 spiro atoms. The number of hydrogen-bond donors (Lipinski definition) is 1. The van der Waals surface area contributed by atoms with Crippen LogP contribution in [0, 0.1) is 27.7 Å². The van der Waals surface area contributed by atoms with Gasteiger partial charge in [0.1, 0.15) is 6.04 Å². The maximum absolute atomic E-state index is 13.6. The summed E-state index contributed by atoms with van der Waals surface area (Å²) in [5.41, 5.74) is 7.44. The zero-order valence-electron chi connectivity index (χ0n) is 23.7. The van der Waals surface area contributed by atoms with E-state index in [0.717, 1.165) is 49.1 Å². The van der Waals surface area contributed by atoms with Crippen LogP contribution in [0.5, 0.6) is 0 Å². The molecule has 0 saturated carbocycles. The van der Waals surface area contributed by atoms with Gasteiger partial charge >= 0.3 is 0 Å². The molecule has 5 rings (SSSR count). The molecule has 1 atom stereocenters. The SMILES string of the molecule is CCC(C)(C)n1nnnc1C(c1cc2cc(C)c(C)cc2[nH]c1=O)N1CCN(c2cccc(C)c2C)CC1. The molecule has 0 aliphatic carbocycles. The number of aromatic amines is 1. The molecule has 0 amide bonds. The number of pyridine rings is 1. The predicted octanol–water partition coefficient (Wildman–Crippen LogP) is 4.80. The van der Waals surface area contributed by atoms with Gasteiger partial charge in [-0.25, -0.2) is 4.68 Å². The summed E-state index contributed by atoms with van der Waals surface area (Å²) in [6.45, 7) is 18.3. The zero-order chi connectivity index (χ0) is 27.2. The maximum Gasteiger partial charge on any atom is 0.253 e. The van der Waals surface area contributed by atoms with E-state index in [1.165, 1.54) is 22.4 Å². The molecule has 3 heterocycles. The molecule has 2 aromatic carbocycles. The van der Waals surface area contributed by atoms with Crippen molar-refractivity contribution in [3.63, 3.8) is 0 Å². The number of hydrogen-bond acceptors (Lipinski definition) is 6. The lowest BCUT2D eigenvalue weighted by atomic mass is 9.98. The normalized spacial score (nSPS) is 15.8. The Bertz CT molecular complexity index is 1530. The highest BCUT2D eigenvalue weighted by atomic mass is 16.1. The Morgan fingerprint density at radius 2 is 1.68 bits per heavy atom. The number of anilines is 1. The van der Waals surface area contributed by atoms with Crippen molar-refractivity contribution >= 4 is 16.6 Å². The Hall–Kier alpha value is -3.52. The highest BCUT2D eigenvalue weighted by Gasteiger charge is 2.36. The second kappa shape index (κ2) is 9.98. The van der Waals surface area contributed by atoms with Gasteiger partial charge in [0.2, 0.25) is 0 Å². The van der Waals surface area contributed by atoms with Crippen LogP contribution >= 0.6 is 0 Å². The van der Waals surface area contributed by atoms with Crippen LogP contribution in [0.2, 0.25) is 0 Å². The van der Waals surface area contributed by atoms with Crippen molar-refractivity contribution in [3.05, 3.63) is 80.4 Å². The molecular weight excluding hydrogens is 474 g/mol. The third-order valence-electron chi connectivity index (χ3n) is 8.55. The van der Waals surface area contributed by atoms with Gasteiger partial charge in [0.25, 0.3) is 5.56 Å².